The van der Waals surface area contributed by atoms with Gasteiger partial charge >= 0.3 is 0 Å². The van der Waals surface area contributed by atoms with Gasteiger partial charge in [-0.3, -0.25) is 5.10 Å². The average Bonchev–Trinajstić information content (AvgIpc) is 2.59. The Morgan fingerprint density at radius 1 is 1.70 bits per heavy atom. The number of aromatic amines is 1. The largest absolute Gasteiger partial charge is 0.262 e. The lowest BCUT2D eigenvalue weighted by atomic mass is 10.2. The molecular formula is C6H9N3S. The van der Waals surface area contributed by atoms with Gasteiger partial charge in [0, 0.05) is 0 Å². The average molecular weight is 155 g/mol. The summed E-state index contributed by atoms with van der Waals surface area (Å²) in [6, 6.07) is 0. The molecule has 1 aliphatic heterocycles. The molecule has 1 N–H and O–H groups in total. The summed E-state index contributed by atoms with van der Waals surface area (Å²) in [5.74, 6) is 2.31. The van der Waals surface area contributed by atoms with Gasteiger partial charge in [-0.2, -0.15) is 16.9 Å². The molecule has 1 fully saturated rings. The molecule has 0 saturated carbocycles. The Labute approximate surface area is 63.6 Å². The third-order valence-corrected chi connectivity index (χ3v) is 3.05. The van der Waals surface area contributed by atoms with E-state index in [-0.39, 0.29) is 0 Å². The van der Waals surface area contributed by atoms with Crippen molar-refractivity contribution in [3.63, 3.8) is 0 Å². The number of nitrogens with one attached hydrogen (secondary N) is 1. The predicted molar refractivity (Wildman–Crippen MR) is 40.8 cm³/mol. The number of thioether (sulfide) groups is 1. The zero-order valence-corrected chi connectivity index (χ0v) is 6.40. The third-order valence-electron chi connectivity index (χ3n) is 1.67. The van der Waals surface area contributed by atoms with E-state index >= 15 is 0 Å². The van der Waals surface area contributed by atoms with E-state index in [1.807, 2.05) is 11.8 Å². The summed E-state index contributed by atoms with van der Waals surface area (Å²) in [5, 5.41) is 7.30. The highest BCUT2D eigenvalue weighted by atomic mass is 32.2. The van der Waals surface area contributed by atoms with Gasteiger partial charge in [0.05, 0.1) is 5.25 Å². The Balaban J connectivity index is 2.12. The fourth-order valence-electron chi connectivity index (χ4n) is 1.16. The molecule has 54 valence electrons. The van der Waals surface area contributed by atoms with Crippen molar-refractivity contribution in [2.75, 3.05) is 5.75 Å². The fraction of sp³-hybridized carbons (Fsp3) is 0.667. The van der Waals surface area contributed by atoms with Crippen LogP contribution in [0.1, 0.15) is 23.9 Å². The predicted octanol–water partition coefficient (Wildman–Crippen LogP) is 1.37. The number of nitrogens with zero attached hydrogens (tertiary/aromatic N) is 2. The van der Waals surface area contributed by atoms with Crippen LogP contribution in [0.4, 0.5) is 0 Å². The number of rotatable bonds is 1. The van der Waals surface area contributed by atoms with E-state index in [1.165, 1.54) is 18.6 Å². The molecule has 0 bridgehead atoms. The summed E-state index contributed by atoms with van der Waals surface area (Å²) in [4.78, 5) is 4.11. The van der Waals surface area contributed by atoms with Gasteiger partial charge < -0.3 is 0 Å². The normalized spacial score (nSPS) is 25.4. The first kappa shape index (κ1) is 6.22. The smallest absolute Gasteiger partial charge is 0.137 e. The molecule has 0 spiro atoms. The lowest BCUT2D eigenvalue weighted by molar-refractivity contribution is 0.781. The van der Waals surface area contributed by atoms with Crippen LogP contribution in [0.2, 0.25) is 0 Å². The molecule has 1 atom stereocenters. The van der Waals surface area contributed by atoms with Crippen LogP contribution in [-0.4, -0.2) is 20.9 Å². The van der Waals surface area contributed by atoms with Gasteiger partial charge in [-0.15, -0.1) is 0 Å². The first-order chi connectivity index (χ1) is 4.97. The maximum Gasteiger partial charge on any atom is 0.137 e. The minimum atomic E-state index is 0.586. The monoisotopic (exact) mass is 155 g/mol. The molecule has 1 aromatic rings. The molecule has 0 radical (unpaired) electrons. The Kier molecular flexibility index (Phi) is 1.63. The molecule has 3 nitrogen and oxygen atoms in total. The minimum absolute atomic E-state index is 0.586. The summed E-state index contributed by atoms with van der Waals surface area (Å²) in [6.45, 7) is 0. The third kappa shape index (κ3) is 1.03. The van der Waals surface area contributed by atoms with E-state index < -0.39 is 0 Å². The molecule has 1 unspecified atom stereocenters. The van der Waals surface area contributed by atoms with Crippen LogP contribution in [0, 0.1) is 0 Å². The molecule has 0 aliphatic carbocycles. The number of hydrogen-bond acceptors (Lipinski definition) is 3. The summed E-state index contributed by atoms with van der Waals surface area (Å²) in [7, 11) is 0. The standard InChI is InChI=1S/C6H9N3S/c1-2-5(10-3-1)6-7-4-8-9-6/h4-5H,1-3H2,(H,7,8,9). The van der Waals surface area contributed by atoms with E-state index in [2.05, 4.69) is 15.2 Å². The zero-order valence-electron chi connectivity index (χ0n) is 5.58. The van der Waals surface area contributed by atoms with Gasteiger partial charge in [-0.25, -0.2) is 4.98 Å². The second-order valence-corrected chi connectivity index (χ2v) is 3.68. The van der Waals surface area contributed by atoms with Crippen molar-refractivity contribution in [2.24, 2.45) is 0 Å². The van der Waals surface area contributed by atoms with Crippen LogP contribution >= 0.6 is 11.8 Å². The van der Waals surface area contributed by atoms with E-state index in [4.69, 9.17) is 0 Å². The van der Waals surface area contributed by atoms with Gasteiger partial charge in [0.15, 0.2) is 0 Å². The van der Waals surface area contributed by atoms with Gasteiger partial charge in [-0.1, -0.05) is 0 Å². The Hall–Kier alpha value is -0.510. The quantitative estimate of drug-likeness (QED) is 0.666. The highest BCUT2D eigenvalue weighted by Gasteiger charge is 2.19. The first-order valence-corrected chi connectivity index (χ1v) is 4.48. The van der Waals surface area contributed by atoms with Crippen LogP contribution < -0.4 is 0 Å². The van der Waals surface area contributed by atoms with E-state index in [0.29, 0.717) is 5.25 Å². The minimum Gasteiger partial charge on any atom is -0.262 e. The van der Waals surface area contributed by atoms with Gasteiger partial charge in [0.25, 0.3) is 0 Å². The van der Waals surface area contributed by atoms with E-state index in [1.54, 1.807) is 6.33 Å². The molecular weight excluding hydrogens is 146 g/mol. The van der Waals surface area contributed by atoms with Crippen molar-refractivity contribution in [3.8, 4) is 0 Å². The maximum absolute atomic E-state index is 4.11. The molecule has 0 amide bonds. The van der Waals surface area contributed by atoms with Crippen molar-refractivity contribution < 1.29 is 0 Å². The van der Waals surface area contributed by atoms with Crippen LogP contribution in [-0.2, 0) is 0 Å². The lowest BCUT2D eigenvalue weighted by Crippen LogP contribution is -1.90. The number of H-pyrrole nitrogens is 1. The van der Waals surface area contributed by atoms with Crippen molar-refractivity contribution in [2.45, 2.75) is 18.1 Å². The molecule has 0 aromatic carbocycles. The van der Waals surface area contributed by atoms with Gasteiger partial charge in [0.2, 0.25) is 0 Å². The maximum atomic E-state index is 4.11. The van der Waals surface area contributed by atoms with Gasteiger partial charge in [0.1, 0.15) is 12.2 Å². The number of aromatic nitrogens is 3. The van der Waals surface area contributed by atoms with Crippen molar-refractivity contribution in [3.05, 3.63) is 12.2 Å². The summed E-state index contributed by atoms with van der Waals surface area (Å²) < 4.78 is 0. The van der Waals surface area contributed by atoms with E-state index in [9.17, 15) is 0 Å². The second-order valence-electron chi connectivity index (χ2n) is 2.37. The van der Waals surface area contributed by atoms with Crippen molar-refractivity contribution >= 4 is 11.8 Å². The van der Waals surface area contributed by atoms with Crippen LogP contribution in [0.25, 0.3) is 0 Å². The summed E-state index contributed by atoms with van der Waals surface area (Å²) in [6.07, 6.45) is 4.14. The molecule has 10 heavy (non-hydrogen) atoms. The molecule has 1 aliphatic rings. The van der Waals surface area contributed by atoms with Gasteiger partial charge in [-0.05, 0) is 18.6 Å². The van der Waals surface area contributed by atoms with Crippen molar-refractivity contribution in [1.82, 2.24) is 15.2 Å². The van der Waals surface area contributed by atoms with E-state index in [0.717, 1.165) is 5.82 Å². The lowest BCUT2D eigenvalue weighted by Gasteiger charge is -2.00. The Morgan fingerprint density at radius 2 is 2.70 bits per heavy atom. The first-order valence-electron chi connectivity index (χ1n) is 3.43. The molecule has 2 heterocycles. The van der Waals surface area contributed by atoms with Crippen LogP contribution in [0.15, 0.2) is 6.33 Å². The number of hydrogen-bond donors (Lipinski definition) is 1. The van der Waals surface area contributed by atoms with Crippen LogP contribution in [0.5, 0.6) is 0 Å². The summed E-state index contributed by atoms with van der Waals surface area (Å²) in [5.41, 5.74) is 0. The highest BCUT2D eigenvalue weighted by Crippen LogP contribution is 2.37. The zero-order chi connectivity index (χ0) is 6.81. The SMILES string of the molecule is c1n[nH]c(C2CCCS2)n1. The second kappa shape index (κ2) is 2.62. The van der Waals surface area contributed by atoms with Crippen molar-refractivity contribution in [1.29, 1.82) is 0 Å². The molecule has 1 saturated heterocycles. The highest BCUT2D eigenvalue weighted by molar-refractivity contribution is 7.99. The molecule has 4 heteroatoms. The molecule has 2 rings (SSSR count). The molecule has 1 aromatic heterocycles. The fourth-order valence-corrected chi connectivity index (χ4v) is 2.39. The Morgan fingerprint density at radius 3 is 3.30 bits per heavy atom. The Bertz CT molecular complexity index is 191. The topological polar surface area (TPSA) is 41.6 Å². The summed E-state index contributed by atoms with van der Waals surface area (Å²) >= 11 is 1.97. The van der Waals surface area contributed by atoms with Crippen LogP contribution in [0.3, 0.4) is 0 Å².